The average Bonchev–Trinajstić information content (AvgIpc) is 3.60. The second-order valence-corrected chi connectivity index (χ2v) is 7.26. The minimum Gasteiger partial charge on any atom is -0.342 e. The third-order valence-corrected chi connectivity index (χ3v) is 5.33. The molecule has 0 aliphatic rings. The van der Waals surface area contributed by atoms with Gasteiger partial charge in [-0.1, -0.05) is 91.0 Å². The van der Waals surface area contributed by atoms with Crippen LogP contribution in [-0.4, -0.2) is 32.1 Å². The fraction of sp³-hybridized carbons (Fsp3) is 0.0370. The van der Waals surface area contributed by atoms with E-state index in [4.69, 9.17) is 0 Å². The maximum Gasteiger partial charge on any atom is 0.169 e. The van der Waals surface area contributed by atoms with Gasteiger partial charge < -0.3 is 9.55 Å². The molecule has 0 spiro atoms. The van der Waals surface area contributed by atoms with Gasteiger partial charge in [0.2, 0.25) is 0 Å². The predicted molar refractivity (Wildman–Crippen MR) is 126 cm³/mol. The van der Waals surface area contributed by atoms with Crippen LogP contribution in [0, 0.1) is 0 Å². The maximum absolute atomic E-state index is 11.3. The summed E-state index contributed by atoms with van der Waals surface area (Å²) in [5, 5.41) is 0. The number of carbonyl (C=O) groups is 2. The van der Waals surface area contributed by atoms with Crippen LogP contribution in [0.4, 0.5) is 0 Å². The van der Waals surface area contributed by atoms with Crippen LogP contribution in [0.5, 0.6) is 0 Å². The first kappa shape index (κ1) is 21.6. The van der Waals surface area contributed by atoms with Crippen molar-refractivity contribution in [2.24, 2.45) is 0 Å². The predicted octanol–water partition coefficient (Wildman–Crippen LogP) is 4.76. The third kappa shape index (κ3) is 4.41. The summed E-state index contributed by atoms with van der Waals surface area (Å²) in [6.07, 6.45) is 7.96. The molecule has 0 amide bonds. The van der Waals surface area contributed by atoms with E-state index in [9.17, 15) is 9.59 Å². The molecule has 162 valence electrons. The van der Waals surface area contributed by atoms with Gasteiger partial charge >= 0.3 is 0 Å². The minimum absolute atomic E-state index is 0.414. The lowest BCUT2D eigenvalue weighted by atomic mass is 9.77. The van der Waals surface area contributed by atoms with E-state index >= 15 is 0 Å². The molecule has 5 rings (SSSR count). The Hall–Kier alpha value is -4.58. The molecule has 0 unspecified atom stereocenters. The van der Waals surface area contributed by atoms with Crippen LogP contribution in [0.25, 0.3) is 0 Å². The highest BCUT2D eigenvalue weighted by Crippen LogP contribution is 2.40. The Kier molecular flexibility index (Phi) is 6.66. The molecule has 2 heterocycles. The number of carbonyl (C=O) groups excluding carboxylic acids is 2. The summed E-state index contributed by atoms with van der Waals surface area (Å²) in [5.41, 5.74) is 3.63. The van der Waals surface area contributed by atoms with Gasteiger partial charge in [-0.05, 0) is 16.7 Å². The first-order valence-electron chi connectivity index (χ1n) is 10.4. The fourth-order valence-electron chi connectivity index (χ4n) is 3.90. The van der Waals surface area contributed by atoms with E-state index in [1.54, 1.807) is 12.5 Å². The summed E-state index contributed by atoms with van der Waals surface area (Å²) in [5.74, 6) is 0. The number of nitrogens with one attached hydrogen (secondary N) is 1. The van der Waals surface area contributed by atoms with Gasteiger partial charge in [0.15, 0.2) is 12.6 Å². The molecule has 0 bridgehead atoms. The molecule has 0 saturated carbocycles. The SMILES string of the molecule is O=Cc1cn(C(c2ccccc2)(c2ccccc2)c2ccccc2)cn1.O=Cc1cnc[nH]1. The van der Waals surface area contributed by atoms with Gasteiger partial charge in [0.1, 0.15) is 11.2 Å². The first-order chi connectivity index (χ1) is 16.3. The summed E-state index contributed by atoms with van der Waals surface area (Å²) in [6.45, 7) is 0. The molecule has 33 heavy (non-hydrogen) atoms. The number of rotatable bonds is 6. The van der Waals surface area contributed by atoms with Crippen molar-refractivity contribution in [2.45, 2.75) is 5.54 Å². The normalized spacial score (nSPS) is 10.7. The Morgan fingerprint density at radius 2 is 1.24 bits per heavy atom. The highest BCUT2D eigenvalue weighted by atomic mass is 16.1. The van der Waals surface area contributed by atoms with E-state index in [0.29, 0.717) is 17.7 Å². The molecule has 6 nitrogen and oxygen atoms in total. The van der Waals surface area contributed by atoms with Crippen LogP contribution in [-0.2, 0) is 5.54 Å². The van der Waals surface area contributed by atoms with Crippen molar-refractivity contribution < 1.29 is 9.59 Å². The largest absolute Gasteiger partial charge is 0.342 e. The van der Waals surface area contributed by atoms with Gasteiger partial charge in [0.05, 0.1) is 24.5 Å². The Labute approximate surface area is 191 Å². The number of hydrogen-bond acceptors (Lipinski definition) is 4. The van der Waals surface area contributed by atoms with Crippen LogP contribution in [0.1, 0.15) is 37.7 Å². The molecule has 0 radical (unpaired) electrons. The van der Waals surface area contributed by atoms with Gasteiger partial charge in [-0.25, -0.2) is 9.97 Å². The van der Waals surface area contributed by atoms with E-state index in [2.05, 4.69) is 51.4 Å². The van der Waals surface area contributed by atoms with Crippen molar-refractivity contribution in [3.63, 3.8) is 0 Å². The van der Waals surface area contributed by atoms with Crippen LogP contribution < -0.4 is 0 Å². The molecule has 0 atom stereocenters. The Balaban J connectivity index is 0.000000318. The van der Waals surface area contributed by atoms with E-state index in [0.717, 1.165) is 23.0 Å². The van der Waals surface area contributed by atoms with Crippen molar-refractivity contribution in [1.82, 2.24) is 19.5 Å². The van der Waals surface area contributed by atoms with Gasteiger partial charge in [0, 0.05) is 6.20 Å². The molecule has 0 aliphatic carbocycles. The summed E-state index contributed by atoms with van der Waals surface area (Å²) in [6, 6.07) is 30.9. The molecule has 6 heteroatoms. The van der Waals surface area contributed by atoms with E-state index in [1.165, 1.54) is 12.5 Å². The number of nitrogens with zero attached hydrogens (tertiary/aromatic N) is 3. The molecular formula is C27H22N4O2. The zero-order valence-corrected chi connectivity index (χ0v) is 17.8. The average molecular weight is 434 g/mol. The smallest absolute Gasteiger partial charge is 0.169 e. The van der Waals surface area contributed by atoms with Crippen molar-refractivity contribution in [2.75, 3.05) is 0 Å². The molecule has 1 N–H and O–H groups in total. The molecule has 5 aromatic rings. The zero-order chi connectivity index (χ0) is 22.9. The maximum atomic E-state index is 11.3. The highest BCUT2D eigenvalue weighted by Gasteiger charge is 2.38. The van der Waals surface area contributed by atoms with Crippen LogP contribution in [0.2, 0.25) is 0 Å². The van der Waals surface area contributed by atoms with Crippen molar-refractivity contribution >= 4 is 12.6 Å². The highest BCUT2D eigenvalue weighted by molar-refractivity contribution is 5.71. The van der Waals surface area contributed by atoms with Gasteiger partial charge in [0.25, 0.3) is 0 Å². The lowest BCUT2D eigenvalue weighted by molar-refractivity contribution is 0.111. The summed E-state index contributed by atoms with van der Waals surface area (Å²) in [7, 11) is 0. The number of H-pyrrole nitrogens is 1. The summed E-state index contributed by atoms with van der Waals surface area (Å²) < 4.78 is 2.02. The number of benzene rings is 3. The van der Waals surface area contributed by atoms with E-state index in [1.807, 2.05) is 59.2 Å². The number of imidazole rings is 2. The second kappa shape index (κ2) is 10.2. The van der Waals surface area contributed by atoms with Gasteiger partial charge in [-0.15, -0.1) is 0 Å². The molecule has 0 aliphatic heterocycles. The van der Waals surface area contributed by atoms with E-state index < -0.39 is 5.54 Å². The van der Waals surface area contributed by atoms with Crippen LogP contribution in [0.3, 0.4) is 0 Å². The standard InChI is InChI=1S/C23H18N2O.C4H4N2O/c26-17-22-16-25(18-24-22)23(19-10-4-1-5-11-19,20-12-6-2-7-13-20)21-14-8-3-9-15-21;7-2-4-1-5-3-6-4/h1-18H;1-3H,(H,5,6). The third-order valence-electron chi connectivity index (χ3n) is 5.33. The number of aromatic nitrogens is 4. The number of aromatic amines is 1. The van der Waals surface area contributed by atoms with Gasteiger partial charge in [-0.2, -0.15) is 0 Å². The quantitative estimate of drug-likeness (QED) is 0.309. The molecule has 3 aromatic carbocycles. The van der Waals surface area contributed by atoms with Gasteiger partial charge in [-0.3, -0.25) is 9.59 Å². The number of hydrogen-bond donors (Lipinski definition) is 1. The molecular weight excluding hydrogens is 412 g/mol. The minimum atomic E-state index is -0.613. The fourth-order valence-corrected chi connectivity index (χ4v) is 3.90. The van der Waals surface area contributed by atoms with Crippen molar-refractivity contribution in [1.29, 1.82) is 0 Å². The first-order valence-corrected chi connectivity index (χ1v) is 10.4. The lowest BCUT2D eigenvalue weighted by Gasteiger charge is -2.37. The topological polar surface area (TPSA) is 80.6 Å². The zero-order valence-electron chi connectivity index (χ0n) is 17.8. The second-order valence-electron chi connectivity index (χ2n) is 7.26. The summed E-state index contributed by atoms with van der Waals surface area (Å²) >= 11 is 0. The molecule has 0 saturated heterocycles. The summed E-state index contributed by atoms with van der Waals surface area (Å²) in [4.78, 5) is 31.6. The molecule has 0 fully saturated rings. The molecule has 2 aromatic heterocycles. The Bertz CT molecular complexity index is 1190. The van der Waals surface area contributed by atoms with E-state index in [-0.39, 0.29) is 0 Å². The lowest BCUT2D eigenvalue weighted by Crippen LogP contribution is -2.36. The van der Waals surface area contributed by atoms with Crippen LogP contribution >= 0.6 is 0 Å². The van der Waals surface area contributed by atoms with Crippen molar-refractivity contribution in [3.8, 4) is 0 Å². The monoisotopic (exact) mass is 434 g/mol. The Morgan fingerprint density at radius 3 is 1.58 bits per heavy atom. The van der Waals surface area contributed by atoms with Crippen LogP contribution in [0.15, 0.2) is 116 Å². The number of aldehydes is 2. The Morgan fingerprint density at radius 1 is 0.727 bits per heavy atom. The van der Waals surface area contributed by atoms with Crippen molar-refractivity contribution in [3.05, 3.63) is 144 Å².